The van der Waals surface area contributed by atoms with E-state index in [2.05, 4.69) is 10.6 Å². The van der Waals surface area contributed by atoms with Crippen LogP contribution in [0.3, 0.4) is 0 Å². The summed E-state index contributed by atoms with van der Waals surface area (Å²) in [6.07, 6.45) is 1.32. The van der Waals surface area contributed by atoms with Crippen molar-refractivity contribution in [3.05, 3.63) is 0 Å². The zero-order valence-corrected chi connectivity index (χ0v) is 11.0. The second kappa shape index (κ2) is 7.63. The van der Waals surface area contributed by atoms with Crippen molar-refractivity contribution >= 4 is 5.91 Å². The van der Waals surface area contributed by atoms with Crippen LogP contribution in [0.4, 0.5) is 0 Å². The summed E-state index contributed by atoms with van der Waals surface area (Å²) in [6, 6.07) is 0. The molecule has 4 heteroatoms. The first-order chi connectivity index (χ1) is 7.49. The van der Waals surface area contributed by atoms with Crippen molar-refractivity contribution in [3.63, 3.8) is 0 Å². The van der Waals surface area contributed by atoms with Crippen molar-refractivity contribution < 1.29 is 9.90 Å². The van der Waals surface area contributed by atoms with Gasteiger partial charge < -0.3 is 15.7 Å². The third-order valence-corrected chi connectivity index (χ3v) is 3.06. The van der Waals surface area contributed by atoms with E-state index in [0.29, 0.717) is 25.9 Å². The molecule has 0 aliphatic rings. The van der Waals surface area contributed by atoms with Gasteiger partial charge in [-0.05, 0) is 19.4 Å². The zero-order valence-electron chi connectivity index (χ0n) is 11.0. The van der Waals surface area contributed by atoms with Crippen LogP contribution < -0.4 is 10.6 Å². The lowest BCUT2D eigenvalue weighted by Gasteiger charge is -2.26. The molecule has 16 heavy (non-hydrogen) atoms. The summed E-state index contributed by atoms with van der Waals surface area (Å²) in [5.41, 5.74) is -0.756. The molecule has 96 valence electrons. The maximum absolute atomic E-state index is 11.7. The van der Waals surface area contributed by atoms with E-state index in [0.717, 1.165) is 6.54 Å². The molecule has 0 saturated carbocycles. The van der Waals surface area contributed by atoms with Crippen LogP contribution in [0, 0.1) is 5.92 Å². The topological polar surface area (TPSA) is 61.4 Å². The van der Waals surface area contributed by atoms with Crippen molar-refractivity contribution in [1.82, 2.24) is 10.6 Å². The molecule has 0 aliphatic heterocycles. The van der Waals surface area contributed by atoms with Crippen LogP contribution in [-0.2, 0) is 4.79 Å². The van der Waals surface area contributed by atoms with Crippen molar-refractivity contribution in [1.29, 1.82) is 0 Å². The van der Waals surface area contributed by atoms with E-state index >= 15 is 0 Å². The smallest absolute Gasteiger partial charge is 0.224 e. The minimum atomic E-state index is -0.756. The predicted molar refractivity (Wildman–Crippen MR) is 66.2 cm³/mol. The average Bonchev–Trinajstić information content (AvgIpc) is 2.32. The molecule has 1 amide bonds. The molecular formula is C12H26N2O2. The van der Waals surface area contributed by atoms with Crippen LogP contribution in [0.25, 0.3) is 0 Å². The van der Waals surface area contributed by atoms with Crippen LogP contribution in [0.5, 0.6) is 0 Å². The first-order valence-electron chi connectivity index (χ1n) is 6.19. The van der Waals surface area contributed by atoms with Crippen LogP contribution in [0.1, 0.15) is 40.5 Å². The van der Waals surface area contributed by atoms with Gasteiger partial charge in [0.1, 0.15) is 0 Å². The van der Waals surface area contributed by atoms with Gasteiger partial charge in [0.2, 0.25) is 5.91 Å². The number of rotatable bonds is 8. The maximum Gasteiger partial charge on any atom is 0.224 e. The molecule has 0 heterocycles. The molecule has 4 nitrogen and oxygen atoms in total. The Balaban J connectivity index is 3.96. The summed E-state index contributed by atoms with van der Waals surface area (Å²) in [5.74, 6) is -0.0563. The van der Waals surface area contributed by atoms with Crippen LogP contribution in [0.2, 0.25) is 0 Å². The Labute approximate surface area is 98.8 Å². The molecule has 0 fully saturated rings. The highest BCUT2D eigenvalue weighted by Crippen LogP contribution is 2.12. The fraction of sp³-hybridized carbons (Fsp3) is 0.917. The molecule has 0 rings (SSSR count). The lowest BCUT2D eigenvalue weighted by molar-refractivity contribution is -0.125. The van der Waals surface area contributed by atoms with Crippen molar-refractivity contribution in [3.8, 4) is 0 Å². The third kappa shape index (κ3) is 5.47. The van der Waals surface area contributed by atoms with Gasteiger partial charge in [-0.2, -0.15) is 0 Å². The highest BCUT2D eigenvalue weighted by Gasteiger charge is 2.23. The monoisotopic (exact) mass is 230 g/mol. The Kier molecular flexibility index (Phi) is 7.34. The SMILES string of the molecule is CCNCC(C)C(=O)NCC(O)(CC)CC. The Morgan fingerprint density at radius 3 is 2.31 bits per heavy atom. The molecule has 3 N–H and O–H groups in total. The lowest BCUT2D eigenvalue weighted by Crippen LogP contribution is -2.45. The second-order valence-electron chi connectivity index (χ2n) is 4.36. The van der Waals surface area contributed by atoms with E-state index < -0.39 is 5.60 Å². The van der Waals surface area contributed by atoms with E-state index in [1.54, 1.807) is 0 Å². The molecule has 0 aliphatic carbocycles. The molecule has 0 saturated heterocycles. The van der Waals surface area contributed by atoms with E-state index in [-0.39, 0.29) is 11.8 Å². The van der Waals surface area contributed by atoms with Gasteiger partial charge in [-0.25, -0.2) is 0 Å². The molecule has 0 aromatic carbocycles. The van der Waals surface area contributed by atoms with Gasteiger partial charge in [-0.3, -0.25) is 4.79 Å². The van der Waals surface area contributed by atoms with E-state index in [1.807, 2.05) is 27.7 Å². The Bertz CT molecular complexity index is 203. The molecular weight excluding hydrogens is 204 g/mol. The normalized spacial score (nSPS) is 13.6. The van der Waals surface area contributed by atoms with Gasteiger partial charge in [0.15, 0.2) is 0 Å². The maximum atomic E-state index is 11.7. The second-order valence-corrected chi connectivity index (χ2v) is 4.36. The number of aliphatic hydroxyl groups is 1. The lowest BCUT2D eigenvalue weighted by atomic mass is 9.97. The standard InChI is InChI=1S/C12H26N2O2/c1-5-12(16,6-2)9-14-11(15)10(4)8-13-7-3/h10,13,16H,5-9H2,1-4H3,(H,14,15). The summed E-state index contributed by atoms with van der Waals surface area (Å²) in [4.78, 5) is 11.7. The predicted octanol–water partition coefficient (Wildman–Crippen LogP) is 0.899. The van der Waals surface area contributed by atoms with Crippen molar-refractivity contribution in [2.24, 2.45) is 5.92 Å². The number of amides is 1. The zero-order chi connectivity index (χ0) is 12.6. The Morgan fingerprint density at radius 2 is 1.88 bits per heavy atom. The van der Waals surface area contributed by atoms with Crippen molar-refractivity contribution in [2.75, 3.05) is 19.6 Å². The minimum absolute atomic E-state index is 0.00118. The molecule has 0 bridgehead atoms. The quantitative estimate of drug-likeness (QED) is 0.580. The molecule has 0 aromatic heterocycles. The molecule has 0 aromatic rings. The van der Waals surface area contributed by atoms with E-state index in [1.165, 1.54) is 0 Å². The minimum Gasteiger partial charge on any atom is -0.388 e. The largest absolute Gasteiger partial charge is 0.388 e. The first kappa shape index (κ1) is 15.4. The van der Waals surface area contributed by atoms with Gasteiger partial charge >= 0.3 is 0 Å². The fourth-order valence-electron chi connectivity index (χ4n) is 1.38. The number of carbonyl (C=O) groups excluding carboxylic acids is 1. The molecule has 1 unspecified atom stereocenters. The summed E-state index contributed by atoms with van der Waals surface area (Å²) in [7, 11) is 0. The summed E-state index contributed by atoms with van der Waals surface area (Å²) < 4.78 is 0. The fourth-order valence-corrected chi connectivity index (χ4v) is 1.38. The van der Waals surface area contributed by atoms with Gasteiger partial charge in [-0.1, -0.05) is 27.7 Å². The van der Waals surface area contributed by atoms with Gasteiger partial charge in [0.05, 0.1) is 5.60 Å². The van der Waals surface area contributed by atoms with E-state index in [4.69, 9.17) is 0 Å². The van der Waals surface area contributed by atoms with Gasteiger partial charge in [0, 0.05) is 19.0 Å². The van der Waals surface area contributed by atoms with E-state index in [9.17, 15) is 9.90 Å². The van der Waals surface area contributed by atoms with Gasteiger partial charge in [-0.15, -0.1) is 0 Å². The third-order valence-electron chi connectivity index (χ3n) is 3.06. The number of carbonyl (C=O) groups is 1. The Hall–Kier alpha value is -0.610. The van der Waals surface area contributed by atoms with Crippen LogP contribution in [-0.4, -0.2) is 36.2 Å². The number of hydrogen-bond acceptors (Lipinski definition) is 3. The number of hydrogen-bond donors (Lipinski definition) is 3. The van der Waals surface area contributed by atoms with Gasteiger partial charge in [0.25, 0.3) is 0 Å². The molecule has 0 spiro atoms. The van der Waals surface area contributed by atoms with Crippen LogP contribution >= 0.6 is 0 Å². The highest BCUT2D eigenvalue weighted by molar-refractivity contribution is 5.78. The molecule has 0 radical (unpaired) electrons. The summed E-state index contributed by atoms with van der Waals surface area (Å²) in [5, 5.41) is 15.9. The summed E-state index contributed by atoms with van der Waals surface area (Å²) in [6.45, 7) is 9.64. The average molecular weight is 230 g/mol. The van der Waals surface area contributed by atoms with Crippen molar-refractivity contribution in [2.45, 2.75) is 46.1 Å². The Morgan fingerprint density at radius 1 is 1.31 bits per heavy atom. The number of nitrogens with one attached hydrogen (secondary N) is 2. The first-order valence-corrected chi connectivity index (χ1v) is 6.19. The van der Waals surface area contributed by atoms with Crippen LogP contribution in [0.15, 0.2) is 0 Å². The summed E-state index contributed by atoms with van der Waals surface area (Å²) >= 11 is 0. The highest BCUT2D eigenvalue weighted by atomic mass is 16.3. The molecule has 1 atom stereocenters.